The highest BCUT2D eigenvalue weighted by Gasteiger charge is 2.08. The van der Waals surface area contributed by atoms with E-state index in [4.69, 9.17) is 5.73 Å². The van der Waals surface area contributed by atoms with Crippen molar-refractivity contribution in [2.75, 3.05) is 5.75 Å². The number of hydrogen-bond acceptors (Lipinski definition) is 4. The maximum absolute atomic E-state index is 11.3. The van der Waals surface area contributed by atoms with Crippen molar-refractivity contribution in [1.29, 1.82) is 0 Å². The number of nitrogens with zero attached hydrogens (tertiary/aromatic N) is 1. The summed E-state index contributed by atoms with van der Waals surface area (Å²) >= 11 is 0. The molecular weight excluding hydrogens is 200 g/mol. The van der Waals surface area contributed by atoms with Crippen molar-refractivity contribution < 1.29 is 8.42 Å². The Hall–Kier alpha value is -0.940. The molecule has 78 valence electrons. The third-order valence-corrected chi connectivity index (χ3v) is 3.57. The van der Waals surface area contributed by atoms with E-state index in [1.165, 1.54) is 0 Å². The normalized spacial score (nSPS) is 11.6. The Bertz CT molecular complexity index is 401. The van der Waals surface area contributed by atoms with Gasteiger partial charge in [0.1, 0.15) is 0 Å². The molecule has 14 heavy (non-hydrogen) atoms. The van der Waals surface area contributed by atoms with Crippen molar-refractivity contribution >= 4 is 9.84 Å². The van der Waals surface area contributed by atoms with Crippen LogP contribution in [0.1, 0.15) is 18.2 Å². The topological polar surface area (TPSA) is 73.0 Å². The molecule has 4 nitrogen and oxygen atoms in total. The lowest BCUT2D eigenvalue weighted by molar-refractivity contribution is 0.596. The first kappa shape index (κ1) is 11.1. The molecule has 0 bridgehead atoms. The molecule has 0 amide bonds. The minimum atomic E-state index is -2.97. The second kappa shape index (κ2) is 4.52. The Kier molecular flexibility index (Phi) is 3.60. The molecule has 0 radical (unpaired) electrons. The van der Waals surface area contributed by atoms with Gasteiger partial charge in [0.2, 0.25) is 0 Å². The van der Waals surface area contributed by atoms with Gasteiger partial charge in [0.15, 0.2) is 9.84 Å². The van der Waals surface area contributed by atoms with Gasteiger partial charge in [-0.25, -0.2) is 8.42 Å². The van der Waals surface area contributed by atoms with Crippen LogP contribution >= 0.6 is 0 Å². The molecule has 1 heterocycles. The van der Waals surface area contributed by atoms with Crippen LogP contribution in [0.5, 0.6) is 0 Å². The predicted octanol–water partition coefficient (Wildman–Crippen LogP) is 0.475. The summed E-state index contributed by atoms with van der Waals surface area (Å²) in [5, 5.41) is 0. The second-order valence-electron chi connectivity index (χ2n) is 3.04. The number of pyridine rings is 1. The number of sulfone groups is 1. The average Bonchev–Trinajstić information content (AvgIpc) is 2.17. The minimum absolute atomic E-state index is 0.0685. The van der Waals surface area contributed by atoms with Gasteiger partial charge in [0.05, 0.1) is 11.4 Å². The molecule has 1 rings (SSSR count). The summed E-state index contributed by atoms with van der Waals surface area (Å²) in [7, 11) is -2.97. The second-order valence-corrected chi connectivity index (χ2v) is 5.39. The van der Waals surface area contributed by atoms with Crippen LogP contribution in [0.4, 0.5) is 0 Å². The van der Waals surface area contributed by atoms with Crippen molar-refractivity contribution in [2.45, 2.75) is 19.2 Å². The van der Waals surface area contributed by atoms with E-state index in [1.807, 2.05) is 0 Å². The van der Waals surface area contributed by atoms with Crippen molar-refractivity contribution in [3.63, 3.8) is 0 Å². The standard InChI is InChI=1S/C9H14N2O2S/c1-2-14(12,13)7-8-3-4-11-9(5-8)6-10/h3-5H,2,6-7,10H2,1H3. The first-order chi connectivity index (χ1) is 6.57. The molecule has 0 atom stereocenters. The highest BCUT2D eigenvalue weighted by atomic mass is 32.2. The van der Waals surface area contributed by atoms with E-state index in [0.717, 1.165) is 5.56 Å². The Morgan fingerprint density at radius 3 is 2.79 bits per heavy atom. The summed E-state index contributed by atoms with van der Waals surface area (Å²) in [5.41, 5.74) is 6.87. The molecule has 0 aliphatic carbocycles. The summed E-state index contributed by atoms with van der Waals surface area (Å²) in [4.78, 5) is 3.99. The fraction of sp³-hybridized carbons (Fsp3) is 0.444. The molecule has 1 aromatic heterocycles. The van der Waals surface area contributed by atoms with Crippen LogP contribution < -0.4 is 5.73 Å². The van der Waals surface area contributed by atoms with Crippen LogP contribution in [0.3, 0.4) is 0 Å². The third-order valence-electron chi connectivity index (χ3n) is 1.92. The van der Waals surface area contributed by atoms with Crippen LogP contribution in [-0.4, -0.2) is 19.2 Å². The van der Waals surface area contributed by atoms with E-state index in [-0.39, 0.29) is 11.5 Å². The van der Waals surface area contributed by atoms with E-state index in [9.17, 15) is 8.42 Å². The van der Waals surface area contributed by atoms with Gasteiger partial charge in [-0.15, -0.1) is 0 Å². The molecule has 1 aromatic rings. The number of rotatable bonds is 4. The van der Waals surface area contributed by atoms with E-state index in [1.54, 1.807) is 25.3 Å². The van der Waals surface area contributed by atoms with Crippen molar-refractivity contribution in [2.24, 2.45) is 5.73 Å². The zero-order chi connectivity index (χ0) is 10.6. The SMILES string of the molecule is CCS(=O)(=O)Cc1ccnc(CN)c1. The number of nitrogens with two attached hydrogens (primary N) is 1. The van der Waals surface area contributed by atoms with E-state index in [2.05, 4.69) is 4.98 Å². The maximum atomic E-state index is 11.3. The molecule has 0 saturated carbocycles. The minimum Gasteiger partial charge on any atom is -0.325 e. The van der Waals surface area contributed by atoms with E-state index >= 15 is 0 Å². The Balaban J connectivity index is 2.87. The predicted molar refractivity (Wildman–Crippen MR) is 55.3 cm³/mol. The first-order valence-corrected chi connectivity index (χ1v) is 6.24. The number of aromatic nitrogens is 1. The fourth-order valence-corrected chi connectivity index (χ4v) is 1.98. The molecule has 0 unspecified atom stereocenters. The quantitative estimate of drug-likeness (QED) is 0.791. The summed E-state index contributed by atoms with van der Waals surface area (Å²) in [6.45, 7) is 1.97. The molecule has 0 aliphatic heterocycles. The lowest BCUT2D eigenvalue weighted by atomic mass is 10.2. The largest absolute Gasteiger partial charge is 0.325 e. The van der Waals surface area contributed by atoms with Gasteiger partial charge < -0.3 is 5.73 Å². The maximum Gasteiger partial charge on any atom is 0.154 e. The highest BCUT2D eigenvalue weighted by molar-refractivity contribution is 7.90. The van der Waals surface area contributed by atoms with Crippen molar-refractivity contribution in [3.8, 4) is 0 Å². The highest BCUT2D eigenvalue weighted by Crippen LogP contribution is 2.07. The number of hydrogen-bond donors (Lipinski definition) is 1. The first-order valence-electron chi connectivity index (χ1n) is 4.41. The van der Waals surface area contributed by atoms with Crippen LogP contribution in [-0.2, 0) is 22.1 Å². The van der Waals surface area contributed by atoms with Gasteiger partial charge in [-0.1, -0.05) is 6.92 Å². The van der Waals surface area contributed by atoms with Gasteiger partial charge >= 0.3 is 0 Å². The fourth-order valence-electron chi connectivity index (χ4n) is 1.09. The Labute approximate surface area is 84.1 Å². The van der Waals surface area contributed by atoms with E-state index in [0.29, 0.717) is 12.2 Å². The van der Waals surface area contributed by atoms with E-state index < -0.39 is 9.84 Å². The van der Waals surface area contributed by atoms with Crippen molar-refractivity contribution in [1.82, 2.24) is 4.98 Å². The molecule has 0 spiro atoms. The monoisotopic (exact) mass is 214 g/mol. The summed E-state index contributed by atoms with van der Waals surface area (Å²) in [6, 6.07) is 3.43. The third kappa shape index (κ3) is 3.08. The van der Waals surface area contributed by atoms with Gasteiger partial charge in [0, 0.05) is 18.5 Å². The summed E-state index contributed by atoms with van der Waals surface area (Å²) in [6.07, 6.45) is 1.59. The lowest BCUT2D eigenvalue weighted by Gasteiger charge is -2.02. The summed E-state index contributed by atoms with van der Waals surface area (Å²) in [5.74, 6) is 0.228. The molecule has 0 saturated heterocycles. The van der Waals surface area contributed by atoms with Gasteiger partial charge in [-0.05, 0) is 17.7 Å². The van der Waals surface area contributed by atoms with Crippen LogP contribution in [0.2, 0.25) is 0 Å². The molecule has 2 N–H and O–H groups in total. The molecule has 0 aromatic carbocycles. The average molecular weight is 214 g/mol. The van der Waals surface area contributed by atoms with Crippen LogP contribution in [0.15, 0.2) is 18.3 Å². The smallest absolute Gasteiger partial charge is 0.154 e. The molecule has 0 fully saturated rings. The van der Waals surface area contributed by atoms with Gasteiger partial charge in [-0.3, -0.25) is 4.98 Å². The van der Waals surface area contributed by atoms with Crippen LogP contribution in [0, 0.1) is 0 Å². The molecule has 5 heteroatoms. The lowest BCUT2D eigenvalue weighted by Crippen LogP contribution is -2.08. The molecule has 0 aliphatic rings. The Morgan fingerprint density at radius 2 is 2.21 bits per heavy atom. The van der Waals surface area contributed by atoms with Crippen molar-refractivity contribution in [3.05, 3.63) is 29.6 Å². The summed E-state index contributed by atoms with van der Waals surface area (Å²) < 4.78 is 22.6. The van der Waals surface area contributed by atoms with Gasteiger partial charge in [-0.2, -0.15) is 0 Å². The zero-order valence-corrected chi connectivity index (χ0v) is 8.92. The van der Waals surface area contributed by atoms with Crippen LogP contribution in [0.25, 0.3) is 0 Å². The van der Waals surface area contributed by atoms with Gasteiger partial charge in [0.25, 0.3) is 0 Å². The zero-order valence-electron chi connectivity index (χ0n) is 8.10. The Morgan fingerprint density at radius 1 is 1.50 bits per heavy atom. The molecular formula is C9H14N2O2S.